The molecule has 0 amide bonds. The number of hydrogen-bond donors (Lipinski definition) is 2. The van der Waals surface area contributed by atoms with Gasteiger partial charge in [0.2, 0.25) is 0 Å². The van der Waals surface area contributed by atoms with Crippen LogP contribution < -0.4 is 10.6 Å². The van der Waals surface area contributed by atoms with Crippen molar-refractivity contribution in [2.24, 2.45) is 5.92 Å². The summed E-state index contributed by atoms with van der Waals surface area (Å²) >= 11 is 0. The van der Waals surface area contributed by atoms with Crippen LogP contribution in [0, 0.1) is 5.92 Å². The van der Waals surface area contributed by atoms with Gasteiger partial charge in [-0.05, 0) is 58.5 Å². The highest BCUT2D eigenvalue weighted by molar-refractivity contribution is 5.31. The summed E-state index contributed by atoms with van der Waals surface area (Å²) in [4.78, 5) is 0. The van der Waals surface area contributed by atoms with Crippen molar-refractivity contribution < 1.29 is 0 Å². The van der Waals surface area contributed by atoms with Gasteiger partial charge in [0.05, 0.1) is 0 Å². The lowest BCUT2D eigenvalue weighted by Crippen LogP contribution is -2.29. The molecule has 0 radical (unpaired) electrons. The molecule has 18 heavy (non-hydrogen) atoms. The third-order valence-electron chi connectivity index (χ3n) is 3.63. The summed E-state index contributed by atoms with van der Waals surface area (Å²) in [5.74, 6) is 1.89. The van der Waals surface area contributed by atoms with Crippen molar-refractivity contribution >= 4 is 5.82 Å². The first kappa shape index (κ1) is 13.4. The lowest BCUT2D eigenvalue weighted by Gasteiger charge is -2.22. The molecule has 0 aromatic carbocycles. The first-order chi connectivity index (χ1) is 8.75. The fourth-order valence-corrected chi connectivity index (χ4v) is 2.50. The molecule has 0 spiro atoms. The number of anilines is 1. The first-order valence-corrected chi connectivity index (χ1v) is 7.25. The summed E-state index contributed by atoms with van der Waals surface area (Å²) in [6, 6.07) is 2.50. The molecule has 1 unspecified atom stereocenters. The highest BCUT2D eigenvalue weighted by atomic mass is 15.3. The van der Waals surface area contributed by atoms with Crippen molar-refractivity contribution in [1.82, 2.24) is 15.1 Å². The van der Waals surface area contributed by atoms with Crippen molar-refractivity contribution in [3.05, 3.63) is 12.3 Å². The Bertz CT molecular complexity index is 339. The number of nitrogens with zero attached hydrogens (tertiary/aromatic N) is 2. The van der Waals surface area contributed by atoms with E-state index in [-0.39, 0.29) is 0 Å². The number of aromatic nitrogens is 2. The van der Waals surface area contributed by atoms with E-state index in [0.29, 0.717) is 6.04 Å². The summed E-state index contributed by atoms with van der Waals surface area (Å²) in [5, 5.41) is 11.4. The van der Waals surface area contributed by atoms with Crippen LogP contribution in [0.4, 0.5) is 5.82 Å². The minimum absolute atomic E-state index is 0.439. The highest BCUT2D eigenvalue weighted by Crippen LogP contribution is 2.16. The zero-order valence-corrected chi connectivity index (χ0v) is 11.7. The summed E-state index contributed by atoms with van der Waals surface area (Å²) in [7, 11) is 0. The zero-order valence-electron chi connectivity index (χ0n) is 11.7. The molecule has 1 atom stereocenters. The number of hydrogen-bond acceptors (Lipinski definition) is 3. The molecule has 1 fully saturated rings. The van der Waals surface area contributed by atoms with Crippen LogP contribution in [0.5, 0.6) is 0 Å². The third kappa shape index (κ3) is 4.02. The Hall–Kier alpha value is -1.03. The summed E-state index contributed by atoms with van der Waals surface area (Å²) < 4.78 is 1.99. The molecule has 1 aromatic heterocycles. The van der Waals surface area contributed by atoms with E-state index in [1.807, 2.05) is 10.9 Å². The number of rotatable bonds is 6. The Morgan fingerprint density at radius 3 is 3.11 bits per heavy atom. The van der Waals surface area contributed by atoms with E-state index in [1.165, 1.54) is 38.8 Å². The van der Waals surface area contributed by atoms with Gasteiger partial charge in [-0.1, -0.05) is 0 Å². The van der Waals surface area contributed by atoms with Gasteiger partial charge in [-0.3, -0.25) is 4.68 Å². The largest absolute Gasteiger partial charge is 0.369 e. The average Bonchev–Trinajstić information content (AvgIpc) is 2.85. The monoisotopic (exact) mass is 250 g/mol. The molecule has 0 saturated carbocycles. The maximum absolute atomic E-state index is 4.49. The minimum atomic E-state index is 0.439. The zero-order chi connectivity index (χ0) is 12.8. The molecule has 2 heterocycles. The van der Waals surface area contributed by atoms with E-state index >= 15 is 0 Å². The van der Waals surface area contributed by atoms with Crippen LogP contribution in [0.15, 0.2) is 12.3 Å². The molecule has 1 aromatic rings. The normalized spacial score (nSPS) is 20.3. The van der Waals surface area contributed by atoms with Crippen molar-refractivity contribution in [3.8, 4) is 0 Å². The third-order valence-corrected chi connectivity index (χ3v) is 3.63. The molecule has 4 heteroatoms. The maximum atomic E-state index is 4.49. The van der Waals surface area contributed by atoms with Crippen LogP contribution in [0.25, 0.3) is 0 Å². The van der Waals surface area contributed by atoms with Gasteiger partial charge in [0.15, 0.2) is 0 Å². The van der Waals surface area contributed by atoms with Crippen molar-refractivity contribution in [2.45, 2.75) is 45.6 Å². The van der Waals surface area contributed by atoms with E-state index in [2.05, 4.69) is 35.6 Å². The van der Waals surface area contributed by atoms with Crippen LogP contribution in [0.1, 0.15) is 45.6 Å². The van der Waals surface area contributed by atoms with Crippen molar-refractivity contribution in [1.29, 1.82) is 0 Å². The predicted molar refractivity (Wildman–Crippen MR) is 75.9 cm³/mol. The van der Waals surface area contributed by atoms with Crippen LogP contribution in [-0.2, 0) is 0 Å². The second kappa shape index (κ2) is 6.78. The molecule has 2 N–H and O–H groups in total. The molecule has 4 nitrogen and oxygen atoms in total. The van der Waals surface area contributed by atoms with Gasteiger partial charge >= 0.3 is 0 Å². The van der Waals surface area contributed by atoms with Gasteiger partial charge in [0.25, 0.3) is 0 Å². The highest BCUT2D eigenvalue weighted by Gasteiger charge is 2.11. The molecule has 1 aliphatic rings. The summed E-state index contributed by atoms with van der Waals surface area (Å²) in [5.41, 5.74) is 0. The number of piperidine rings is 1. The van der Waals surface area contributed by atoms with Gasteiger partial charge in [-0.2, -0.15) is 5.10 Å². The van der Waals surface area contributed by atoms with Crippen LogP contribution in [0.3, 0.4) is 0 Å². The smallest absolute Gasteiger partial charge is 0.147 e. The Kier molecular flexibility index (Phi) is 5.05. The van der Waals surface area contributed by atoms with Gasteiger partial charge in [0, 0.05) is 24.8 Å². The Balaban J connectivity index is 1.62. The quantitative estimate of drug-likeness (QED) is 0.763. The Morgan fingerprint density at radius 1 is 1.56 bits per heavy atom. The van der Waals surface area contributed by atoms with E-state index in [0.717, 1.165) is 18.3 Å². The molecule has 1 saturated heterocycles. The van der Waals surface area contributed by atoms with Crippen LogP contribution in [0.2, 0.25) is 0 Å². The standard InChI is InChI=1S/C14H26N4/c1-12(2)18-10-7-14(17-18)16-9-4-6-13-5-3-8-15-11-13/h7,10,12-13,15H,3-6,8-9,11H2,1-2H3,(H,16,17). The fraction of sp³-hybridized carbons (Fsp3) is 0.786. The van der Waals surface area contributed by atoms with E-state index in [4.69, 9.17) is 0 Å². The van der Waals surface area contributed by atoms with E-state index < -0.39 is 0 Å². The SMILES string of the molecule is CC(C)n1ccc(NCCCC2CCCNC2)n1. The second-order valence-corrected chi connectivity index (χ2v) is 5.56. The lowest BCUT2D eigenvalue weighted by atomic mass is 9.95. The molecule has 1 aliphatic heterocycles. The van der Waals surface area contributed by atoms with Crippen molar-refractivity contribution in [2.75, 3.05) is 25.0 Å². The molecular weight excluding hydrogens is 224 g/mol. The summed E-state index contributed by atoms with van der Waals surface area (Å²) in [6.07, 6.45) is 7.34. The van der Waals surface area contributed by atoms with Gasteiger partial charge in [-0.15, -0.1) is 0 Å². The van der Waals surface area contributed by atoms with E-state index in [1.54, 1.807) is 0 Å². The maximum Gasteiger partial charge on any atom is 0.147 e. The molecule has 2 rings (SSSR count). The van der Waals surface area contributed by atoms with Crippen molar-refractivity contribution in [3.63, 3.8) is 0 Å². The number of nitrogens with one attached hydrogen (secondary N) is 2. The molecule has 0 aliphatic carbocycles. The van der Waals surface area contributed by atoms with Crippen LogP contribution in [-0.4, -0.2) is 29.4 Å². The molecule has 102 valence electrons. The molecular formula is C14H26N4. The minimum Gasteiger partial charge on any atom is -0.369 e. The van der Waals surface area contributed by atoms with Crippen LogP contribution >= 0.6 is 0 Å². The Morgan fingerprint density at radius 2 is 2.44 bits per heavy atom. The first-order valence-electron chi connectivity index (χ1n) is 7.25. The van der Waals surface area contributed by atoms with E-state index in [9.17, 15) is 0 Å². The summed E-state index contributed by atoms with van der Waals surface area (Å²) in [6.45, 7) is 7.74. The lowest BCUT2D eigenvalue weighted by molar-refractivity contribution is 0.353. The van der Waals surface area contributed by atoms with Gasteiger partial charge in [-0.25, -0.2) is 0 Å². The topological polar surface area (TPSA) is 41.9 Å². The fourth-order valence-electron chi connectivity index (χ4n) is 2.50. The van der Waals surface area contributed by atoms with Gasteiger partial charge in [0.1, 0.15) is 5.82 Å². The van der Waals surface area contributed by atoms with Gasteiger partial charge < -0.3 is 10.6 Å². The molecule has 0 bridgehead atoms. The Labute approximate surface area is 110 Å². The predicted octanol–water partition coefficient (Wildman–Crippen LogP) is 2.66. The average molecular weight is 250 g/mol. The second-order valence-electron chi connectivity index (χ2n) is 5.56.